The van der Waals surface area contributed by atoms with Crippen LogP contribution in [-0.4, -0.2) is 25.2 Å². The van der Waals surface area contributed by atoms with Crippen LogP contribution in [0.25, 0.3) is 0 Å². The van der Waals surface area contributed by atoms with Crippen LogP contribution >= 0.6 is 0 Å². The Bertz CT molecular complexity index is 354. The maximum atomic E-state index is 12.2. The average molecular weight is 371 g/mol. The smallest absolute Gasteiger partial charge is 0.309 e. The molecule has 0 heterocycles. The minimum Gasteiger partial charge on any atom is -0.466 e. The molecule has 0 aromatic rings. The van der Waals surface area contributed by atoms with Crippen molar-refractivity contribution in [3.8, 4) is 0 Å². The van der Waals surface area contributed by atoms with Crippen molar-refractivity contribution < 1.29 is 19.1 Å². The third kappa shape index (κ3) is 13.2. The van der Waals surface area contributed by atoms with Gasteiger partial charge in [0.25, 0.3) is 0 Å². The molecular weight excluding hydrogens is 328 g/mol. The Morgan fingerprint density at radius 1 is 0.731 bits per heavy atom. The van der Waals surface area contributed by atoms with Gasteiger partial charge in [-0.15, -0.1) is 0 Å². The SMILES string of the molecule is CCCCCCCCCCCCC(C)C(CC(=O)OCC)C(=O)OCC. The van der Waals surface area contributed by atoms with Crippen molar-refractivity contribution in [2.24, 2.45) is 11.8 Å². The van der Waals surface area contributed by atoms with Gasteiger partial charge < -0.3 is 9.47 Å². The lowest BCUT2D eigenvalue weighted by molar-refractivity contribution is -0.156. The Morgan fingerprint density at radius 2 is 1.23 bits per heavy atom. The van der Waals surface area contributed by atoms with E-state index in [9.17, 15) is 9.59 Å². The molecule has 154 valence electrons. The van der Waals surface area contributed by atoms with E-state index in [4.69, 9.17) is 9.47 Å². The second kappa shape index (κ2) is 17.4. The second-order valence-electron chi connectivity index (χ2n) is 7.32. The molecule has 0 saturated heterocycles. The first-order valence-corrected chi connectivity index (χ1v) is 10.9. The molecule has 0 radical (unpaired) electrons. The minimum atomic E-state index is -0.382. The lowest BCUT2D eigenvalue weighted by Gasteiger charge is -2.21. The van der Waals surface area contributed by atoms with E-state index in [1.165, 1.54) is 57.8 Å². The van der Waals surface area contributed by atoms with Gasteiger partial charge >= 0.3 is 11.9 Å². The van der Waals surface area contributed by atoms with Crippen LogP contribution in [-0.2, 0) is 19.1 Å². The third-order valence-corrected chi connectivity index (χ3v) is 4.98. The van der Waals surface area contributed by atoms with Gasteiger partial charge in [-0.25, -0.2) is 0 Å². The highest BCUT2D eigenvalue weighted by Crippen LogP contribution is 2.24. The molecular formula is C22H42O4. The zero-order chi connectivity index (χ0) is 19.6. The monoisotopic (exact) mass is 370 g/mol. The molecule has 0 bridgehead atoms. The maximum Gasteiger partial charge on any atom is 0.309 e. The van der Waals surface area contributed by atoms with Gasteiger partial charge in [-0.2, -0.15) is 0 Å². The van der Waals surface area contributed by atoms with Crippen LogP contribution in [0.4, 0.5) is 0 Å². The average Bonchev–Trinajstić information content (AvgIpc) is 2.61. The van der Waals surface area contributed by atoms with E-state index in [0.29, 0.717) is 13.2 Å². The van der Waals surface area contributed by atoms with Crippen molar-refractivity contribution in [1.82, 2.24) is 0 Å². The van der Waals surface area contributed by atoms with E-state index in [1.807, 2.05) is 0 Å². The Kier molecular flexibility index (Phi) is 16.7. The first-order chi connectivity index (χ1) is 12.6. The summed E-state index contributed by atoms with van der Waals surface area (Å²) in [7, 11) is 0. The summed E-state index contributed by atoms with van der Waals surface area (Å²) in [6, 6.07) is 0. The van der Waals surface area contributed by atoms with Gasteiger partial charge in [0, 0.05) is 0 Å². The third-order valence-electron chi connectivity index (χ3n) is 4.98. The standard InChI is InChI=1S/C22H42O4/c1-5-8-9-10-11-12-13-14-15-16-17-19(4)20(22(24)26-7-3)18-21(23)25-6-2/h19-20H,5-18H2,1-4H3. The quantitative estimate of drug-likeness (QED) is 0.230. The topological polar surface area (TPSA) is 52.6 Å². The lowest BCUT2D eigenvalue weighted by Crippen LogP contribution is -2.27. The molecule has 0 spiro atoms. The normalized spacial score (nSPS) is 13.2. The van der Waals surface area contributed by atoms with Gasteiger partial charge in [0.15, 0.2) is 0 Å². The van der Waals surface area contributed by atoms with Crippen LogP contribution in [0.15, 0.2) is 0 Å². The fourth-order valence-corrected chi connectivity index (χ4v) is 3.32. The van der Waals surface area contributed by atoms with E-state index in [0.717, 1.165) is 12.8 Å². The van der Waals surface area contributed by atoms with Gasteiger partial charge in [-0.3, -0.25) is 9.59 Å². The molecule has 26 heavy (non-hydrogen) atoms. The van der Waals surface area contributed by atoms with Crippen molar-refractivity contribution in [2.75, 3.05) is 13.2 Å². The molecule has 0 aliphatic heterocycles. The molecule has 2 unspecified atom stereocenters. The van der Waals surface area contributed by atoms with E-state index in [1.54, 1.807) is 13.8 Å². The molecule has 0 saturated carbocycles. The van der Waals surface area contributed by atoms with Crippen molar-refractivity contribution in [1.29, 1.82) is 0 Å². The largest absolute Gasteiger partial charge is 0.466 e. The molecule has 2 atom stereocenters. The van der Waals surface area contributed by atoms with Crippen molar-refractivity contribution >= 4 is 11.9 Å². The van der Waals surface area contributed by atoms with Crippen LogP contribution in [0.2, 0.25) is 0 Å². The maximum absolute atomic E-state index is 12.2. The summed E-state index contributed by atoms with van der Waals surface area (Å²) < 4.78 is 10.2. The van der Waals surface area contributed by atoms with Crippen molar-refractivity contribution in [3.05, 3.63) is 0 Å². The summed E-state index contributed by atoms with van der Waals surface area (Å²) in [6.07, 6.45) is 14.1. The van der Waals surface area contributed by atoms with Gasteiger partial charge in [-0.05, 0) is 26.2 Å². The summed E-state index contributed by atoms with van der Waals surface area (Å²) in [5, 5.41) is 0. The van der Waals surface area contributed by atoms with Gasteiger partial charge in [0.1, 0.15) is 0 Å². The highest BCUT2D eigenvalue weighted by atomic mass is 16.5. The number of hydrogen-bond acceptors (Lipinski definition) is 4. The number of hydrogen-bond donors (Lipinski definition) is 0. The zero-order valence-electron chi connectivity index (χ0n) is 17.7. The number of carbonyl (C=O) groups is 2. The Morgan fingerprint density at radius 3 is 1.73 bits per heavy atom. The van der Waals surface area contributed by atoms with Gasteiger partial charge in [0.2, 0.25) is 0 Å². The predicted molar refractivity (Wildman–Crippen MR) is 107 cm³/mol. The molecule has 0 aliphatic carbocycles. The molecule has 0 aromatic carbocycles. The first kappa shape index (κ1) is 24.9. The zero-order valence-corrected chi connectivity index (χ0v) is 17.7. The number of unbranched alkanes of at least 4 members (excludes halogenated alkanes) is 9. The summed E-state index contributed by atoms with van der Waals surface area (Å²) in [5.41, 5.74) is 0. The molecule has 0 rings (SSSR count). The number of rotatable bonds is 17. The van der Waals surface area contributed by atoms with Crippen LogP contribution in [0.1, 0.15) is 105 Å². The Labute approximate surface area is 161 Å². The van der Waals surface area contributed by atoms with Crippen LogP contribution in [0.3, 0.4) is 0 Å². The highest BCUT2D eigenvalue weighted by molar-refractivity contribution is 5.80. The first-order valence-electron chi connectivity index (χ1n) is 10.9. The van der Waals surface area contributed by atoms with E-state index >= 15 is 0 Å². The molecule has 0 aromatic heterocycles. The Hall–Kier alpha value is -1.06. The molecule has 4 nitrogen and oxygen atoms in total. The predicted octanol–water partition coefficient (Wildman–Crippen LogP) is 6.07. The number of carbonyl (C=O) groups excluding carboxylic acids is 2. The minimum absolute atomic E-state index is 0.131. The second-order valence-corrected chi connectivity index (χ2v) is 7.32. The molecule has 0 amide bonds. The van der Waals surface area contributed by atoms with Gasteiger partial charge in [-0.1, -0.05) is 78.1 Å². The molecule has 0 fully saturated rings. The molecule has 0 N–H and O–H groups in total. The van der Waals surface area contributed by atoms with Crippen molar-refractivity contribution in [3.63, 3.8) is 0 Å². The summed E-state index contributed by atoms with van der Waals surface area (Å²) in [6.45, 7) is 8.58. The van der Waals surface area contributed by atoms with Crippen LogP contribution in [0, 0.1) is 11.8 Å². The van der Waals surface area contributed by atoms with Gasteiger partial charge in [0.05, 0.1) is 25.6 Å². The lowest BCUT2D eigenvalue weighted by atomic mass is 9.86. The van der Waals surface area contributed by atoms with E-state index < -0.39 is 0 Å². The molecule has 0 aliphatic rings. The van der Waals surface area contributed by atoms with Crippen molar-refractivity contribution in [2.45, 2.75) is 105 Å². The van der Waals surface area contributed by atoms with E-state index in [-0.39, 0.29) is 30.2 Å². The fraction of sp³-hybridized carbons (Fsp3) is 0.909. The number of ether oxygens (including phenoxy) is 2. The van der Waals surface area contributed by atoms with Crippen LogP contribution in [0.5, 0.6) is 0 Å². The Balaban J connectivity index is 3.99. The summed E-state index contributed by atoms with van der Waals surface area (Å²) in [4.78, 5) is 24.0. The summed E-state index contributed by atoms with van der Waals surface area (Å²) >= 11 is 0. The summed E-state index contributed by atoms with van der Waals surface area (Å²) in [5.74, 6) is -0.805. The highest BCUT2D eigenvalue weighted by Gasteiger charge is 2.29. The molecule has 4 heteroatoms. The van der Waals surface area contributed by atoms with Crippen LogP contribution < -0.4 is 0 Å². The van der Waals surface area contributed by atoms with E-state index in [2.05, 4.69) is 13.8 Å². The fourth-order valence-electron chi connectivity index (χ4n) is 3.32. The number of esters is 2.